The van der Waals surface area contributed by atoms with Crippen LogP contribution in [0.1, 0.15) is 54.5 Å². The monoisotopic (exact) mass is 408 g/mol. The van der Waals surface area contributed by atoms with Crippen LogP contribution < -0.4 is 9.47 Å². The molecule has 0 saturated heterocycles. The van der Waals surface area contributed by atoms with Crippen LogP contribution in [0.15, 0.2) is 30.3 Å². The summed E-state index contributed by atoms with van der Waals surface area (Å²) in [6.07, 6.45) is -0.785. The highest BCUT2D eigenvalue weighted by Gasteiger charge is 2.16. The molecular weight excluding hydrogens is 379 g/mol. The number of aliphatic hydroxyl groups excluding tert-OH is 1. The van der Waals surface area contributed by atoms with E-state index in [0.29, 0.717) is 17.9 Å². The molecule has 0 spiro atoms. The van der Waals surface area contributed by atoms with Crippen LogP contribution in [0.25, 0.3) is 0 Å². The van der Waals surface area contributed by atoms with Gasteiger partial charge in [-0.1, -0.05) is 26.0 Å². The SMILES string of the molecule is Cc1cc(OCP(=O)(O)O)cc(C)c1Cc1ccc(OC(C)O)c(C(C)C)c1. The zero-order valence-corrected chi connectivity index (χ0v) is 17.9. The third kappa shape index (κ3) is 6.35. The van der Waals surface area contributed by atoms with Gasteiger partial charge in [0.2, 0.25) is 0 Å². The number of aryl methyl sites for hydroxylation is 2. The molecule has 28 heavy (non-hydrogen) atoms. The number of hydrogen-bond donors (Lipinski definition) is 3. The Morgan fingerprint density at radius 1 is 1.04 bits per heavy atom. The summed E-state index contributed by atoms with van der Waals surface area (Å²) >= 11 is 0. The van der Waals surface area contributed by atoms with Gasteiger partial charge in [0.05, 0.1) is 0 Å². The zero-order valence-electron chi connectivity index (χ0n) is 17.0. The summed E-state index contributed by atoms with van der Waals surface area (Å²) in [5.74, 6) is 1.38. The van der Waals surface area contributed by atoms with E-state index in [9.17, 15) is 9.67 Å². The fraction of sp³-hybridized carbons (Fsp3) is 0.429. The molecule has 2 aromatic rings. The molecule has 0 fully saturated rings. The minimum Gasteiger partial charge on any atom is -0.481 e. The van der Waals surface area contributed by atoms with Crippen molar-refractivity contribution in [1.82, 2.24) is 0 Å². The number of rotatable bonds is 8. The average Bonchev–Trinajstić information content (AvgIpc) is 2.56. The van der Waals surface area contributed by atoms with Gasteiger partial charge >= 0.3 is 7.60 Å². The van der Waals surface area contributed by atoms with Gasteiger partial charge in [-0.3, -0.25) is 4.57 Å². The summed E-state index contributed by atoms with van der Waals surface area (Å²) in [6.45, 7) is 9.66. The van der Waals surface area contributed by atoms with Crippen molar-refractivity contribution in [2.75, 3.05) is 6.35 Å². The van der Waals surface area contributed by atoms with E-state index >= 15 is 0 Å². The molecule has 2 rings (SSSR count). The van der Waals surface area contributed by atoms with Gasteiger partial charge in [-0.15, -0.1) is 0 Å². The molecule has 1 unspecified atom stereocenters. The Bertz CT molecular complexity index is 846. The molecule has 0 bridgehead atoms. The standard InChI is InChI=1S/C21H29O6P/c1-13(2)19-10-17(6-7-21(19)27-16(5)22)11-20-14(3)8-18(9-15(20)4)26-12-28(23,24)25/h6-10,13,16,22H,11-12H2,1-5H3,(H2,23,24,25). The molecule has 0 saturated carbocycles. The van der Waals surface area contributed by atoms with Gasteiger partial charge < -0.3 is 24.4 Å². The van der Waals surface area contributed by atoms with Crippen LogP contribution in [0.2, 0.25) is 0 Å². The van der Waals surface area contributed by atoms with E-state index in [1.807, 2.05) is 26.0 Å². The number of hydrogen-bond acceptors (Lipinski definition) is 4. The summed E-state index contributed by atoms with van der Waals surface area (Å²) in [5.41, 5.74) is 5.29. The van der Waals surface area contributed by atoms with Crippen molar-refractivity contribution in [3.05, 3.63) is 58.1 Å². The molecule has 0 aliphatic rings. The molecular formula is C21H29O6P. The first kappa shape index (κ1) is 22.4. The van der Waals surface area contributed by atoms with E-state index in [-0.39, 0.29) is 5.92 Å². The van der Waals surface area contributed by atoms with Crippen LogP contribution in [-0.2, 0) is 11.0 Å². The van der Waals surface area contributed by atoms with Gasteiger partial charge in [0.15, 0.2) is 12.6 Å². The van der Waals surface area contributed by atoms with Crippen molar-refractivity contribution in [2.24, 2.45) is 0 Å². The summed E-state index contributed by atoms with van der Waals surface area (Å²) < 4.78 is 21.7. The van der Waals surface area contributed by atoms with Crippen LogP contribution in [0.4, 0.5) is 0 Å². The van der Waals surface area contributed by atoms with E-state index in [1.165, 1.54) is 0 Å². The fourth-order valence-corrected chi connectivity index (χ4v) is 3.45. The first-order valence-electron chi connectivity index (χ1n) is 9.21. The lowest BCUT2D eigenvalue weighted by Gasteiger charge is -2.18. The van der Waals surface area contributed by atoms with Crippen molar-refractivity contribution in [2.45, 2.75) is 53.2 Å². The Labute approximate surface area is 166 Å². The molecule has 7 heteroatoms. The van der Waals surface area contributed by atoms with Gasteiger partial charge in [0.1, 0.15) is 11.5 Å². The van der Waals surface area contributed by atoms with Gasteiger partial charge in [-0.2, -0.15) is 0 Å². The lowest BCUT2D eigenvalue weighted by molar-refractivity contribution is -0.00115. The molecule has 0 amide bonds. The van der Waals surface area contributed by atoms with Crippen molar-refractivity contribution in [3.8, 4) is 11.5 Å². The fourth-order valence-electron chi connectivity index (χ4n) is 3.13. The summed E-state index contributed by atoms with van der Waals surface area (Å²) in [7, 11) is -4.21. The predicted molar refractivity (Wildman–Crippen MR) is 109 cm³/mol. The molecule has 3 N–H and O–H groups in total. The van der Waals surface area contributed by atoms with Crippen LogP contribution in [0, 0.1) is 13.8 Å². The second kappa shape index (κ2) is 9.10. The summed E-state index contributed by atoms with van der Waals surface area (Å²) in [6, 6.07) is 9.57. The molecule has 1 atom stereocenters. The van der Waals surface area contributed by atoms with Gasteiger partial charge in [0.25, 0.3) is 0 Å². The third-order valence-corrected chi connectivity index (χ3v) is 4.91. The zero-order chi connectivity index (χ0) is 21.1. The average molecular weight is 408 g/mol. The lowest BCUT2D eigenvalue weighted by atomic mass is 9.93. The topological polar surface area (TPSA) is 96.2 Å². The highest BCUT2D eigenvalue weighted by molar-refractivity contribution is 7.51. The lowest BCUT2D eigenvalue weighted by Crippen LogP contribution is -2.11. The van der Waals surface area contributed by atoms with E-state index in [1.54, 1.807) is 19.1 Å². The van der Waals surface area contributed by atoms with Gasteiger partial charge in [-0.25, -0.2) is 0 Å². The summed E-state index contributed by atoms with van der Waals surface area (Å²) in [4.78, 5) is 17.9. The molecule has 6 nitrogen and oxygen atoms in total. The largest absolute Gasteiger partial charge is 0.481 e. The quantitative estimate of drug-likeness (QED) is 0.446. The number of benzene rings is 2. The normalized spacial score (nSPS) is 12.9. The first-order valence-corrected chi connectivity index (χ1v) is 11.0. The highest BCUT2D eigenvalue weighted by Crippen LogP contribution is 2.35. The minimum atomic E-state index is -4.21. The predicted octanol–water partition coefficient (Wildman–Crippen LogP) is 4.25. The highest BCUT2D eigenvalue weighted by atomic mass is 31.2. The van der Waals surface area contributed by atoms with E-state index < -0.39 is 20.2 Å². The van der Waals surface area contributed by atoms with E-state index in [2.05, 4.69) is 19.9 Å². The Hall–Kier alpha value is -1.85. The second-order valence-corrected chi connectivity index (χ2v) is 8.98. The first-order chi connectivity index (χ1) is 13.0. The number of ether oxygens (including phenoxy) is 2. The molecule has 2 aromatic carbocycles. The van der Waals surface area contributed by atoms with Crippen molar-refractivity contribution in [1.29, 1.82) is 0 Å². The Kier molecular flexibility index (Phi) is 7.29. The van der Waals surface area contributed by atoms with Crippen molar-refractivity contribution < 1.29 is 28.9 Å². The Morgan fingerprint density at radius 2 is 1.64 bits per heavy atom. The smallest absolute Gasteiger partial charge is 0.362 e. The maximum Gasteiger partial charge on any atom is 0.362 e. The van der Waals surface area contributed by atoms with Crippen LogP contribution in [0.5, 0.6) is 11.5 Å². The molecule has 154 valence electrons. The van der Waals surface area contributed by atoms with Gasteiger partial charge in [-0.05, 0) is 79.1 Å². The van der Waals surface area contributed by atoms with E-state index in [0.717, 1.165) is 27.8 Å². The second-order valence-electron chi connectivity index (χ2n) is 7.39. The Balaban J connectivity index is 2.27. The van der Waals surface area contributed by atoms with E-state index in [4.69, 9.17) is 19.3 Å². The maximum atomic E-state index is 11.0. The van der Waals surface area contributed by atoms with Gasteiger partial charge in [0, 0.05) is 0 Å². The third-order valence-electron chi connectivity index (χ3n) is 4.44. The molecule has 0 heterocycles. The van der Waals surface area contributed by atoms with Crippen LogP contribution >= 0.6 is 7.60 Å². The molecule has 0 aliphatic carbocycles. The maximum absolute atomic E-state index is 11.0. The van der Waals surface area contributed by atoms with Crippen molar-refractivity contribution >= 4 is 7.60 Å². The molecule has 0 aromatic heterocycles. The molecule has 0 aliphatic heterocycles. The Morgan fingerprint density at radius 3 is 2.14 bits per heavy atom. The van der Waals surface area contributed by atoms with Crippen LogP contribution in [0.3, 0.4) is 0 Å². The summed E-state index contributed by atoms with van der Waals surface area (Å²) in [5, 5.41) is 9.53. The van der Waals surface area contributed by atoms with Crippen LogP contribution in [-0.4, -0.2) is 27.5 Å². The minimum absolute atomic E-state index is 0.249. The van der Waals surface area contributed by atoms with Crippen molar-refractivity contribution in [3.63, 3.8) is 0 Å². The molecule has 0 radical (unpaired) electrons. The number of aliphatic hydroxyl groups is 1.